The quantitative estimate of drug-likeness (QED) is 0.563. The highest BCUT2D eigenvalue weighted by molar-refractivity contribution is 5.48. The summed E-state index contributed by atoms with van der Waals surface area (Å²) in [5, 5.41) is 10.5. The van der Waals surface area contributed by atoms with E-state index >= 15 is 0 Å². The molecular formula is C10H11NO4. The number of methoxy groups -OCH3 is 1. The van der Waals surface area contributed by atoms with E-state index < -0.39 is 4.92 Å². The minimum absolute atomic E-state index is 0.00926. The van der Waals surface area contributed by atoms with Crippen molar-refractivity contribution >= 4 is 5.69 Å². The van der Waals surface area contributed by atoms with Gasteiger partial charge >= 0.3 is 0 Å². The van der Waals surface area contributed by atoms with Gasteiger partial charge in [-0.2, -0.15) is 0 Å². The molecule has 1 aliphatic rings. The van der Waals surface area contributed by atoms with Crippen LogP contribution in [0.2, 0.25) is 0 Å². The van der Waals surface area contributed by atoms with Crippen molar-refractivity contribution in [1.29, 1.82) is 0 Å². The Kier molecular flexibility index (Phi) is 2.45. The second kappa shape index (κ2) is 3.76. The Morgan fingerprint density at radius 1 is 1.40 bits per heavy atom. The first-order valence-corrected chi connectivity index (χ1v) is 4.70. The zero-order chi connectivity index (χ0) is 10.8. The molecule has 2 rings (SSSR count). The van der Waals surface area contributed by atoms with E-state index in [-0.39, 0.29) is 11.8 Å². The summed E-state index contributed by atoms with van der Waals surface area (Å²) >= 11 is 0. The first-order chi connectivity index (χ1) is 7.20. The Morgan fingerprint density at radius 2 is 2.13 bits per heavy atom. The predicted octanol–water partition coefficient (Wildman–Crippen LogP) is 2.14. The molecule has 1 aromatic carbocycles. The van der Waals surface area contributed by atoms with Gasteiger partial charge in [0.25, 0.3) is 5.69 Å². The number of nitro benzene ring substituents is 1. The van der Waals surface area contributed by atoms with E-state index in [9.17, 15) is 10.1 Å². The SMILES string of the molecule is COc1cc([N+](=O)[O-])ccc1OC1CC1. The van der Waals surface area contributed by atoms with Crippen molar-refractivity contribution in [3.05, 3.63) is 28.3 Å². The third kappa shape index (κ3) is 2.18. The van der Waals surface area contributed by atoms with Crippen LogP contribution in [0.1, 0.15) is 12.8 Å². The van der Waals surface area contributed by atoms with Gasteiger partial charge in [0.15, 0.2) is 11.5 Å². The average molecular weight is 209 g/mol. The minimum atomic E-state index is -0.455. The van der Waals surface area contributed by atoms with Gasteiger partial charge in [0, 0.05) is 6.07 Å². The van der Waals surface area contributed by atoms with Crippen LogP contribution in [0.15, 0.2) is 18.2 Å². The summed E-state index contributed by atoms with van der Waals surface area (Å²) in [6.07, 6.45) is 2.33. The van der Waals surface area contributed by atoms with Crippen LogP contribution in [-0.4, -0.2) is 18.1 Å². The molecule has 0 saturated heterocycles. The zero-order valence-corrected chi connectivity index (χ0v) is 8.30. The van der Waals surface area contributed by atoms with Gasteiger partial charge in [0.1, 0.15) is 0 Å². The maximum atomic E-state index is 10.5. The third-order valence-corrected chi connectivity index (χ3v) is 2.18. The van der Waals surface area contributed by atoms with Crippen LogP contribution in [0.25, 0.3) is 0 Å². The molecule has 1 aromatic rings. The van der Waals surface area contributed by atoms with Crippen LogP contribution in [0.4, 0.5) is 5.69 Å². The fraction of sp³-hybridized carbons (Fsp3) is 0.400. The average Bonchev–Trinajstić information content (AvgIpc) is 3.02. The highest BCUT2D eigenvalue weighted by atomic mass is 16.6. The van der Waals surface area contributed by atoms with E-state index in [1.54, 1.807) is 6.07 Å². The molecule has 1 fully saturated rings. The van der Waals surface area contributed by atoms with Gasteiger partial charge in [0.05, 0.1) is 24.2 Å². The Labute approximate surface area is 86.8 Å². The first kappa shape index (κ1) is 9.76. The lowest BCUT2D eigenvalue weighted by molar-refractivity contribution is -0.385. The van der Waals surface area contributed by atoms with Gasteiger partial charge in [0.2, 0.25) is 0 Å². The molecule has 0 N–H and O–H groups in total. The fourth-order valence-corrected chi connectivity index (χ4v) is 1.23. The zero-order valence-electron chi connectivity index (χ0n) is 8.30. The molecule has 0 aromatic heterocycles. The summed E-state index contributed by atoms with van der Waals surface area (Å²) in [5.41, 5.74) is 0.00926. The summed E-state index contributed by atoms with van der Waals surface area (Å²) in [6.45, 7) is 0. The number of hydrogen-bond donors (Lipinski definition) is 0. The van der Waals surface area contributed by atoms with E-state index in [1.165, 1.54) is 19.2 Å². The van der Waals surface area contributed by atoms with Gasteiger partial charge in [-0.15, -0.1) is 0 Å². The van der Waals surface area contributed by atoms with Crippen molar-refractivity contribution in [3.8, 4) is 11.5 Å². The number of nitrogens with zero attached hydrogens (tertiary/aromatic N) is 1. The number of benzene rings is 1. The fourth-order valence-electron chi connectivity index (χ4n) is 1.23. The Hall–Kier alpha value is -1.78. The summed E-state index contributed by atoms with van der Waals surface area (Å²) in [6, 6.07) is 4.37. The Balaban J connectivity index is 2.25. The molecule has 0 heterocycles. The maximum Gasteiger partial charge on any atom is 0.273 e. The maximum absolute atomic E-state index is 10.5. The van der Waals surface area contributed by atoms with Gasteiger partial charge in [-0.25, -0.2) is 0 Å². The van der Waals surface area contributed by atoms with Crippen molar-refractivity contribution in [2.24, 2.45) is 0 Å². The summed E-state index contributed by atoms with van der Waals surface area (Å²) in [5.74, 6) is 0.988. The van der Waals surface area contributed by atoms with Crippen molar-refractivity contribution in [1.82, 2.24) is 0 Å². The largest absolute Gasteiger partial charge is 0.493 e. The molecule has 0 bridgehead atoms. The molecule has 0 atom stereocenters. The molecule has 80 valence electrons. The summed E-state index contributed by atoms with van der Waals surface area (Å²) in [4.78, 5) is 10.1. The lowest BCUT2D eigenvalue weighted by atomic mass is 10.3. The predicted molar refractivity (Wildman–Crippen MR) is 53.3 cm³/mol. The van der Waals surface area contributed by atoms with Gasteiger partial charge in [-0.05, 0) is 18.9 Å². The molecule has 5 nitrogen and oxygen atoms in total. The topological polar surface area (TPSA) is 61.6 Å². The lowest BCUT2D eigenvalue weighted by Crippen LogP contribution is -1.99. The molecule has 0 radical (unpaired) electrons. The summed E-state index contributed by atoms with van der Waals surface area (Å²) < 4.78 is 10.6. The Bertz CT molecular complexity index is 387. The summed E-state index contributed by atoms with van der Waals surface area (Å²) in [7, 11) is 1.47. The van der Waals surface area contributed by atoms with Crippen molar-refractivity contribution in [2.75, 3.05) is 7.11 Å². The van der Waals surface area contributed by atoms with E-state index in [0.717, 1.165) is 12.8 Å². The number of non-ortho nitro benzene ring substituents is 1. The standard InChI is InChI=1S/C10H11NO4/c1-14-10-6-7(11(12)13)2-5-9(10)15-8-3-4-8/h2,5-6,8H,3-4H2,1H3. The van der Waals surface area contributed by atoms with Crippen molar-refractivity contribution < 1.29 is 14.4 Å². The first-order valence-electron chi connectivity index (χ1n) is 4.70. The van der Waals surface area contributed by atoms with Crippen LogP contribution in [0.5, 0.6) is 11.5 Å². The van der Waals surface area contributed by atoms with Crippen molar-refractivity contribution in [3.63, 3.8) is 0 Å². The Morgan fingerprint density at radius 3 is 2.67 bits per heavy atom. The molecular weight excluding hydrogens is 198 g/mol. The molecule has 0 amide bonds. The second-order valence-corrected chi connectivity index (χ2v) is 3.41. The number of rotatable bonds is 4. The van der Waals surface area contributed by atoms with E-state index in [2.05, 4.69) is 0 Å². The molecule has 1 saturated carbocycles. The highest BCUT2D eigenvalue weighted by Gasteiger charge is 2.25. The minimum Gasteiger partial charge on any atom is -0.493 e. The van der Waals surface area contributed by atoms with Crippen LogP contribution >= 0.6 is 0 Å². The van der Waals surface area contributed by atoms with Crippen LogP contribution in [-0.2, 0) is 0 Å². The molecule has 0 spiro atoms. The monoisotopic (exact) mass is 209 g/mol. The van der Waals surface area contributed by atoms with Crippen molar-refractivity contribution in [2.45, 2.75) is 18.9 Å². The third-order valence-electron chi connectivity index (χ3n) is 2.18. The molecule has 0 unspecified atom stereocenters. The smallest absolute Gasteiger partial charge is 0.273 e. The van der Waals surface area contributed by atoms with Gasteiger partial charge < -0.3 is 9.47 Å². The van der Waals surface area contributed by atoms with E-state index in [1.807, 2.05) is 0 Å². The van der Waals surface area contributed by atoms with E-state index in [0.29, 0.717) is 11.5 Å². The number of ether oxygens (including phenoxy) is 2. The van der Waals surface area contributed by atoms with Gasteiger partial charge in [-0.3, -0.25) is 10.1 Å². The van der Waals surface area contributed by atoms with E-state index in [4.69, 9.17) is 9.47 Å². The molecule has 5 heteroatoms. The normalized spacial score (nSPS) is 14.7. The molecule has 15 heavy (non-hydrogen) atoms. The van der Waals surface area contributed by atoms with Crippen LogP contribution in [0.3, 0.4) is 0 Å². The van der Waals surface area contributed by atoms with Crippen LogP contribution < -0.4 is 9.47 Å². The number of nitro groups is 1. The molecule has 1 aliphatic carbocycles. The lowest BCUT2D eigenvalue weighted by Gasteiger charge is -2.08. The number of hydrogen-bond acceptors (Lipinski definition) is 4. The van der Waals surface area contributed by atoms with Gasteiger partial charge in [-0.1, -0.05) is 0 Å². The molecule has 0 aliphatic heterocycles. The van der Waals surface area contributed by atoms with Crippen LogP contribution in [0, 0.1) is 10.1 Å². The highest BCUT2D eigenvalue weighted by Crippen LogP contribution is 2.35. The second-order valence-electron chi connectivity index (χ2n) is 3.41.